The summed E-state index contributed by atoms with van der Waals surface area (Å²) in [4.78, 5) is 16.3. The van der Waals surface area contributed by atoms with Gasteiger partial charge in [-0.3, -0.25) is 4.79 Å². The van der Waals surface area contributed by atoms with E-state index < -0.39 is 5.54 Å². The molecule has 0 unspecified atom stereocenters. The summed E-state index contributed by atoms with van der Waals surface area (Å²) < 4.78 is 0.748. The number of carbonyl (C=O) groups is 1. The van der Waals surface area contributed by atoms with Crippen molar-refractivity contribution in [2.75, 3.05) is 5.32 Å². The molecule has 0 spiro atoms. The van der Waals surface area contributed by atoms with Gasteiger partial charge < -0.3 is 11.1 Å². The van der Waals surface area contributed by atoms with Gasteiger partial charge in [0, 0.05) is 0 Å². The Kier molecular flexibility index (Phi) is 4.65. The lowest BCUT2D eigenvalue weighted by molar-refractivity contribution is -0.121. The van der Waals surface area contributed by atoms with E-state index in [4.69, 9.17) is 5.73 Å². The number of nitrogens with zero attached hydrogens (tertiary/aromatic N) is 1. The number of rotatable bonds is 4. The van der Waals surface area contributed by atoms with Crippen molar-refractivity contribution >= 4 is 27.5 Å². The highest BCUT2D eigenvalue weighted by Gasteiger charge is 2.30. The largest absolute Gasteiger partial charge is 0.323 e. The molecule has 0 aliphatic carbocycles. The number of aromatic nitrogens is 1. The molecule has 0 fully saturated rings. The molecule has 94 valence electrons. The molecule has 1 heterocycles. The number of hydrogen-bond acceptors (Lipinski definition) is 3. The maximum Gasteiger partial charge on any atom is 0.244 e. The van der Waals surface area contributed by atoms with Gasteiger partial charge in [0.15, 0.2) is 0 Å². The molecule has 0 radical (unpaired) electrons. The van der Waals surface area contributed by atoms with Crippen molar-refractivity contribution in [3.8, 4) is 0 Å². The molecule has 3 N–H and O–H groups in total. The first-order chi connectivity index (χ1) is 7.92. The van der Waals surface area contributed by atoms with Gasteiger partial charge in [0.25, 0.3) is 0 Å². The number of pyridine rings is 1. The van der Waals surface area contributed by atoms with Crippen molar-refractivity contribution < 1.29 is 4.79 Å². The summed E-state index contributed by atoms with van der Waals surface area (Å²) in [6, 6.07) is 3.61. The third-order valence-electron chi connectivity index (χ3n) is 3.01. The Morgan fingerprint density at radius 3 is 2.53 bits per heavy atom. The molecule has 1 rings (SSSR count). The summed E-state index contributed by atoms with van der Waals surface area (Å²) in [5, 5.41) is 2.83. The smallest absolute Gasteiger partial charge is 0.244 e. The van der Waals surface area contributed by atoms with Crippen molar-refractivity contribution in [1.29, 1.82) is 0 Å². The standard InChI is InChI=1S/C12H18BrN3O/c1-4-12(14,5-2)11(17)16-9-6-7-10(13)15-8(9)3/h6-7H,4-5,14H2,1-3H3,(H,16,17). The Morgan fingerprint density at radius 1 is 1.47 bits per heavy atom. The fourth-order valence-corrected chi connectivity index (χ4v) is 1.88. The van der Waals surface area contributed by atoms with E-state index >= 15 is 0 Å². The molecule has 1 aromatic heterocycles. The summed E-state index contributed by atoms with van der Waals surface area (Å²) in [5.74, 6) is -0.158. The summed E-state index contributed by atoms with van der Waals surface area (Å²) in [7, 11) is 0. The van der Waals surface area contributed by atoms with Crippen LogP contribution in [0.3, 0.4) is 0 Å². The zero-order valence-electron chi connectivity index (χ0n) is 10.4. The van der Waals surface area contributed by atoms with Gasteiger partial charge in [-0.1, -0.05) is 13.8 Å². The lowest BCUT2D eigenvalue weighted by atomic mass is 9.93. The first-order valence-corrected chi connectivity index (χ1v) is 6.45. The van der Waals surface area contributed by atoms with Gasteiger partial charge in [-0.2, -0.15) is 0 Å². The average molecular weight is 300 g/mol. The second-order valence-corrected chi connectivity index (χ2v) is 4.90. The van der Waals surface area contributed by atoms with E-state index in [1.54, 1.807) is 6.07 Å². The van der Waals surface area contributed by atoms with Crippen LogP contribution in [0, 0.1) is 6.92 Å². The van der Waals surface area contributed by atoms with Crippen LogP contribution < -0.4 is 11.1 Å². The molecular weight excluding hydrogens is 282 g/mol. The van der Waals surface area contributed by atoms with E-state index in [2.05, 4.69) is 26.2 Å². The highest BCUT2D eigenvalue weighted by Crippen LogP contribution is 2.19. The molecule has 0 bridgehead atoms. The molecule has 1 amide bonds. The van der Waals surface area contributed by atoms with Crippen LogP contribution in [0.4, 0.5) is 5.69 Å². The van der Waals surface area contributed by atoms with Gasteiger partial charge in [-0.05, 0) is 47.8 Å². The topological polar surface area (TPSA) is 68.0 Å². The minimum Gasteiger partial charge on any atom is -0.323 e. The molecule has 0 aliphatic heterocycles. The molecule has 0 aromatic carbocycles. The summed E-state index contributed by atoms with van der Waals surface area (Å²) in [5.41, 5.74) is 6.69. The quantitative estimate of drug-likeness (QED) is 0.840. The molecule has 17 heavy (non-hydrogen) atoms. The second-order valence-electron chi connectivity index (χ2n) is 4.08. The predicted molar refractivity (Wildman–Crippen MR) is 72.8 cm³/mol. The van der Waals surface area contributed by atoms with Crippen LogP contribution in [0.1, 0.15) is 32.4 Å². The zero-order chi connectivity index (χ0) is 13.1. The second kappa shape index (κ2) is 5.60. The van der Waals surface area contributed by atoms with Crippen molar-refractivity contribution in [2.45, 2.75) is 39.2 Å². The van der Waals surface area contributed by atoms with E-state index in [1.165, 1.54) is 0 Å². The van der Waals surface area contributed by atoms with E-state index in [0.29, 0.717) is 18.5 Å². The fraction of sp³-hybridized carbons (Fsp3) is 0.500. The van der Waals surface area contributed by atoms with Gasteiger partial charge in [-0.15, -0.1) is 0 Å². The summed E-state index contributed by atoms with van der Waals surface area (Å²) in [6.07, 6.45) is 1.22. The third-order valence-corrected chi connectivity index (χ3v) is 3.46. The third kappa shape index (κ3) is 3.26. The molecule has 5 heteroatoms. The van der Waals surface area contributed by atoms with Crippen molar-refractivity contribution in [3.05, 3.63) is 22.4 Å². The molecular formula is C12H18BrN3O. The first kappa shape index (κ1) is 14.1. The molecule has 0 aliphatic rings. The molecule has 0 atom stereocenters. The number of halogens is 1. The normalized spacial score (nSPS) is 11.4. The Bertz CT molecular complexity index is 416. The van der Waals surface area contributed by atoms with Crippen LogP contribution in [0.15, 0.2) is 16.7 Å². The van der Waals surface area contributed by atoms with Gasteiger partial charge in [-0.25, -0.2) is 4.98 Å². The Balaban J connectivity index is 2.88. The monoisotopic (exact) mass is 299 g/mol. The predicted octanol–water partition coefficient (Wildman–Crippen LogP) is 2.61. The lowest BCUT2D eigenvalue weighted by Crippen LogP contribution is -2.50. The van der Waals surface area contributed by atoms with Crippen molar-refractivity contribution in [2.24, 2.45) is 5.73 Å². The summed E-state index contributed by atoms with van der Waals surface area (Å²) in [6.45, 7) is 5.67. The van der Waals surface area contributed by atoms with Crippen LogP contribution in [0.5, 0.6) is 0 Å². The number of carbonyl (C=O) groups excluding carboxylic acids is 1. The maximum atomic E-state index is 12.1. The van der Waals surface area contributed by atoms with Crippen molar-refractivity contribution in [3.63, 3.8) is 0 Å². The van der Waals surface area contributed by atoms with Gasteiger partial charge >= 0.3 is 0 Å². The van der Waals surface area contributed by atoms with E-state index in [-0.39, 0.29) is 5.91 Å². The van der Waals surface area contributed by atoms with Crippen LogP contribution in [-0.4, -0.2) is 16.4 Å². The maximum absolute atomic E-state index is 12.1. The number of aryl methyl sites for hydroxylation is 1. The molecule has 0 saturated heterocycles. The SMILES string of the molecule is CCC(N)(CC)C(=O)Nc1ccc(Br)nc1C. The lowest BCUT2D eigenvalue weighted by Gasteiger charge is -2.25. The highest BCUT2D eigenvalue weighted by atomic mass is 79.9. The number of nitrogens with two attached hydrogens (primary N) is 1. The number of amides is 1. The van der Waals surface area contributed by atoms with E-state index in [1.807, 2.05) is 26.8 Å². The van der Waals surface area contributed by atoms with Gasteiger partial charge in [0.2, 0.25) is 5.91 Å². The Morgan fingerprint density at radius 2 is 2.06 bits per heavy atom. The Hall–Kier alpha value is -0.940. The number of anilines is 1. The van der Waals surface area contributed by atoms with Gasteiger partial charge in [0.1, 0.15) is 4.60 Å². The minimum atomic E-state index is -0.806. The highest BCUT2D eigenvalue weighted by molar-refractivity contribution is 9.10. The van der Waals surface area contributed by atoms with Crippen LogP contribution >= 0.6 is 15.9 Å². The first-order valence-electron chi connectivity index (χ1n) is 5.66. The molecule has 1 aromatic rings. The fourth-order valence-electron chi connectivity index (χ4n) is 1.48. The average Bonchev–Trinajstić information content (AvgIpc) is 2.31. The summed E-state index contributed by atoms with van der Waals surface area (Å²) >= 11 is 3.28. The molecule has 0 saturated carbocycles. The van der Waals surface area contributed by atoms with Crippen LogP contribution in [0.2, 0.25) is 0 Å². The van der Waals surface area contributed by atoms with E-state index in [9.17, 15) is 4.79 Å². The molecule has 4 nitrogen and oxygen atoms in total. The Labute approximate surface area is 110 Å². The van der Waals surface area contributed by atoms with Crippen LogP contribution in [0.25, 0.3) is 0 Å². The van der Waals surface area contributed by atoms with E-state index in [0.717, 1.165) is 10.3 Å². The zero-order valence-corrected chi connectivity index (χ0v) is 12.0. The van der Waals surface area contributed by atoms with Crippen molar-refractivity contribution in [1.82, 2.24) is 4.98 Å². The number of hydrogen-bond donors (Lipinski definition) is 2. The van der Waals surface area contributed by atoms with Crippen LogP contribution in [-0.2, 0) is 4.79 Å². The minimum absolute atomic E-state index is 0.158. The van der Waals surface area contributed by atoms with Gasteiger partial charge in [0.05, 0.1) is 16.9 Å². The number of nitrogens with one attached hydrogen (secondary N) is 1.